The van der Waals surface area contributed by atoms with Crippen molar-refractivity contribution in [3.05, 3.63) is 0 Å². The molecule has 0 aromatic rings. The van der Waals surface area contributed by atoms with Crippen LogP contribution in [0.4, 0.5) is 0 Å². The third-order valence-electron chi connectivity index (χ3n) is 0.687. The molecule has 0 aromatic carbocycles. The minimum atomic E-state index is -0.660. The highest BCUT2D eigenvalue weighted by Crippen LogP contribution is 1.98. The third-order valence-corrected chi connectivity index (χ3v) is 0.776. The number of ether oxygens (including phenoxy) is 1. The van der Waals surface area contributed by atoms with Gasteiger partial charge in [-0.15, -0.1) is 0 Å². The average molecular weight is 165 g/mol. The van der Waals surface area contributed by atoms with Crippen LogP contribution in [0, 0.1) is 0 Å². The number of rotatable bonds is 3. The normalized spacial score (nSPS) is 12.3. The number of carbonyl (C=O) groups excluding carboxylic acids is 2. The molecule has 58 valence electrons. The lowest BCUT2D eigenvalue weighted by Gasteiger charge is -2.03. The van der Waals surface area contributed by atoms with Gasteiger partial charge in [0.15, 0.2) is 5.56 Å². The van der Waals surface area contributed by atoms with Crippen molar-refractivity contribution >= 4 is 23.4 Å². The Morgan fingerprint density at radius 2 is 2.10 bits per heavy atom. The molecule has 0 aliphatic rings. The lowest BCUT2D eigenvalue weighted by atomic mass is 10.3. The quantitative estimate of drug-likeness (QED) is 0.356. The van der Waals surface area contributed by atoms with Crippen molar-refractivity contribution in [2.45, 2.75) is 25.8 Å². The van der Waals surface area contributed by atoms with E-state index in [0.29, 0.717) is 0 Å². The van der Waals surface area contributed by atoms with E-state index in [-0.39, 0.29) is 12.2 Å². The highest BCUT2D eigenvalue weighted by Gasteiger charge is 2.08. The predicted molar refractivity (Wildman–Crippen MR) is 36.7 cm³/mol. The number of esters is 1. The Hall–Kier alpha value is -0.570. The van der Waals surface area contributed by atoms with Gasteiger partial charge in [-0.1, -0.05) is 11.6 Å². The van der Waals surface area contributed by atoms with E-state index in [2.05, 4.69) is 4.74 Å². The maximum absolute atomic E-state index is 10.5. The molecular formula is C6H9ClO3. The van der Waals surface area contributed by atoms with Gasteiger partial charge in [0.1, 0.15) is 12.2 Å². The molecule has 1 atom stereocenters. The smallest absolute Gasteiger partial charge is 0.314 e. The van der Waals surface area contributed by atoms with Crippen LogP contribution >= 0.6 is 11.6 Å². The van der Waals surface area contributed by atoms with E-state index >= 15 is 0 Å². The van der Waals surface area contributed by atoms with Crippen molar-refractivity contribution in [3.8, 4) is 0 Å². The summed E-state index contributed by atoms with van der Waals surface area (Å²) in [5, 5.41) is 0. The van der Waals surface area contributed by atoms with E-state index in [4.69, 9.17) is 11.6 Å². The highest BCUT2D eigenvalue weighted by atomic mass is 35.5. The Bertz CT molecular complexity index is 142. The van der Waals surface area contributed by atoms with Crippen LogP contribution in [0.2, 0.25) is 0 Å². The van der Waals surface area contributed by atoms with Crippen LogP contribution in [0.3, 0.4) is 0 Å². The second kappa shape index (κ2) is 4.28. The van der Waals surface area contributed by atoms with Crippen LogP contribution in [0.25, 0.3) is 0 Å². The standard InChI is InChI=1S/C6H9ClO3/c1-4(8)3-6(9)10-5(2)7/h5H,3H2,1-2H3. The third kappa shape index (κ3) is 5.56. The van der Waals surface area contributed by atoms with Crippen molar-refractivity contribution in [2.75, 3.05) is 0 Å². The summed E-state index contributed by atoms with van der Waals surface area (Å²) in [5.41, 5.74) is -0.660. The van der Waals surface area contributed by atoms with Crippen molar-refractivity contribution in [1.29, 1.82) is 0 Å². The van der Waals surface area contributed by atoms with Gasteiger partial charge < -0.3 is 4.74 Å². The van der Waals surface area contributed by atoms with Crippen molar-refractivity contribution in [2.24, 2.45) is 0 Å². The summed E-state index contributed by atoms with van der Waals surface area (Å²) < 4.78 is 4.47. The second-order valence-electron chi connectivity index (χ2n) is 1.91. The van der Waals surface area contributed by atoms with Crippen LogP contribution in [0.15, 0.2) is 0 Å². The SMILES string of the molecule is CC(=O)CC(=O)OC(C)Cl. The molecular weight excluding hydrogens is 156 g/mol. The summed E-state index contributed by atoms with van der Waals surface area (Å²) in [6.07, 6.45) is -0.197. The fourth-order valence-electron chi connectivity index (χ4n) is 0.426. The molecule has 0 aromatic heterocycles. The summed E-state index contributed by atoms with van der Waals surface area (Å²) in [5.74, 6) is -0.794. The Morgan fingerprint density at radius 1 is 1.60 bits per heavy atom. The predicted octanol–water partition coefficient (Wildman–Crippen LogP) is 1.09. The topological polar surface area (TPSA) is 43.4 Å². The molecule has 0 aliphatic carbocycles. The molecule has 0 amide bonds. The van der Waals surface area contributed by atoms with Crippen LogP contribution in [0.5, 0.6) is 0 Å². The fraction of sp³-hybridized carbons (Fsp3) is 0.667. The first-order valence-electron chi connectivity index (χ1n) is 2.85. The molecule has 3 nitrogen and oxygen atoms in total. The van der Waals surface area contributed by atoms with Crippen LogP contribution in [-0.2, 0) is 14.3 Å². The van der Waals surface area contributed by atoms with E-state index in [1.165, 1.54) is 13.8 Å². The maximum atomic E-state index is 10.5. The zero-order chi connectivity index (χ0) is 8.15. The summed E-state index contributed by atoms with van der Waals surface area (Å²) in [4.78, 5) is 20.8. The zero-order valence-corrected chi connectivity index (χ0v) is 6.64. The number of carbonyl (C=O) groups is 2. The molecule has 1 unspecified atom stereocenters. The van der Waals surface area contributed by atoms with Gasteiger partial charge in [-0.25, -0.2) is 0 Å². The Balaban J connectivity index is 3.54. The highest BCUT2D eigenvalue weighted by molar-refractivity contribution is 6.20. The summed E-state index contributed by atoms with van der Waals surface area (Å²) in [6.45, 7) is 2.83. The minimum Gasteiger partial charge on any atom is -0.446 e. The summed E-state index contributed by atoms with van der Waals surface area (Å²) >= 11 is 5.30. The fourth-order valence-corrected chi connectivity index (χ4v) is 0.525. The van der Waals surface area contributed by atoms with Gasteiger partial charge in [0, 0.05) is 0 Å². The molecule has 0 fully saturated rings. The molecule has 0 heterocycles. The van der Waals surface area contributed by atoms with Crippen molar-refractivity contribution in [3.63, 3.8) is 0 Å². The number of hydrogen-bond acceptors (Lipinski definition) is 3. The lowest BCUT2D eigenvalue weighted by molar-refractivity contribution is -0.146. The lowest BCUT2D eigenvalue weighted by Crippen LogP contribution is -2.12. The first-order valence-corrected chi connectivity index (χ1v) is 3.29. The molecule has 0 saturated heterocycles. The molecule has 10 heavy (non-hydrogen) atoms. The van der Waals surface area contributed by atoms with E-state index in [1.807, 2.05) is 0 Å². The summed E-state index contributed by atoms with van der Waals surface area (Å²) in [6, 6.07) is 0. The number of hydrogen-bond donors (Lipinski definition) is 0. The van der Waals surface area contributed by atoms with E-state index < -0.39 is 11.5 Å². The van der Waals surface area contributed by atoms with Gasteiger partial charge in [0.25, 0.3) is 0 Å². The van der Waals surface area contributed by atoms with E-state index in [1.54, 1.807) is 0 Å². The molecule has 0 saturated carbocycles. The second-order valence-corrected chi connectivity index (χ2v) is 2.53. The molecule has 0 aliphatic heterocycles. The Kier molecular flexibility index (Phi) is 4.03. The first kappa shape index (κ1) is 9.43. The molecule has 0 rings (SSSR count). The number of Topliss-reactive ketones (excluding diaryl/α,β-unsaturated/α-hetero) is 1. The molecule has 4 heteroatoms. The molecule has 0 spiro atoms. The van der Waals surface area contributed by atoms with Crippen molar-refractivity contribution in [1.82, 2.24) is 0 Å². The first-order chi connectivity index (χ1) is 4.52. The monoisotopic (exact) mass is 164 g/mol. The summed E-state index contributed by atoms with van der Waals surface area (Å²) in [7, 11) is 0. The van der Waals surface area contributed by atoms with Gasteiger partial charge in [-0.05, 0) is 13.8 Å². The number of alkyl halides is 1. The average Bonchev–Trinajstić information content (AvgIpc) is 1.58. The molecule has 0 N–H and O–H groups in total. The van der Waals surface area contributed by atoms with Gasteiger partial charge >= 0.3 is 5.97 Å². The zero-order valence-electron chi connectivity index (χ0n) is 5.89. The van der Waals surface area contributed by atoms with Crippen molar-refractivity contribution < 1.29 is 14.3 Å². The Labute approximate surface area is 64.3 Å². The Morgan fingerprint density at radius 3 is 2.40 bits per heavy atom. The van der Waals surface area contributed by atoms with E-state index in [0.717, 1.165) is 0 Å². The van der Waals surface area contributed by atoms with Crippen LogP contribution in [0.1, 0.15) is 20.3 Å². The van der Waals surface area contributed by atoms with Crippen LogP contribution in [-0.4, -0.2) is 17.3 Å². The van der Waals surface area contributed by atoms with Gasteiger partial charge in [-0.2, -0.15) is 0 Å². The largest absolute Gasteiger partial charge is 0.446 e. The van der Waals surface area contributed by atoms with E-state index in [9.17, 15) is 9.59 Å². The molecule has 0 bridgehead atoms. The maximum Gasteiger partial charge on any atom is 0.314 e. The van der Waals surface area contributed by atoms with Gasteiger partial charge in [0.05, 0.1) is 0 Å². The van der Waals surface area contributed by atoms with Crippen LogP contribution < -0.4 is 0 Å². The molecule has 0 radical (unpaired) electrons. The minimum absolute atomic E-state index is 0.197. The number of ketones is 1. The number of halogens is 1. The van der Waals surface area contributed by atoms with Gasteiger partial charge in [-0.3, -0.25) is 9.59 Å². The van der Waals surface area contributed by atoms with Gasteiger partial charge in [0.2, 0.25) is 0 Å².